The number of Topliss-reactive ketones (excluding diaryl/α,β-unsaturated/α-hetero) is 2. The molecule has 25 heavy (non-hydrogen) atoms. The minimum atomic E-state index is -4.70. The molecule has 136 valence electrons. The molecule has 1 aliphatic rings. The number of rotatable bonds is 5. The van der Waals surface area contributed by atoms with Crippen LogP contribution in [0.3, 0.4) is 0 Å². The van der Waals surface area contributed by atoms with Gasteiger partial charge in [-0.15, -0.1) is 0 Å². The molecule has 1 saturated carbocycles. The second kappa shape index (κ2) is 7.75. The number of ether oxygens (including phenoxy) is 1. The molecule has 0 bridgehead atoms. The first-order valence-corrected chi connectivity index (χ1v) is 7.51. The number of hydrogen-bond donors (Lipinski definition) is 2. The molecule has 6 nitrogen and oxygen atoms in total. The molecule has 0 aromatic carbocycles. The van der Waals surface area contributed by atoms with Crippen LogP contribution in [0.1, 0.15) is 36.2 Å². The quantitative estimate of drug-likeness (QED) is 0.362. The Morgan fingerprint density at radius 3 is 2.40 bits per heavy atom. The van der Waals surface area contributed by atoms with E-state index in [0.717, 1.165) is 6.07 Å². The van der Waals surface area contributed by atoms with E-state index in [4.69, 9.17) is 9.84 Å². The Labute approximate surface area is 140 Å². The third-order valence-electron chi connectivity index (χ3n) is 3.60. The minimum Gasteiger partial charge on any atom is -0.506 e. The van der Waals surface area contributed by atoms with Gasteiger partial charge < -0.3 is 14.9 Å². The lowest BCUT2D eigenvalue weighted by Crippen LogP contribution is -2.21. The van der Waals surface area contributed by atoms with Gasteiger partial charge in [0.1, 0.15) is 17.0 Å². The summed E-state index contributed by atoms with van der Waals surface area (Å²) >= 11 is 0. The molecule has 0 saturated heterocycles. The number of carbonyl (C=O) groups is 2. The smallest absolute Gasteiger partial charge is 0.433 e. The molecule has 2 N–H and O–H groups in total. The third kappa shape index (κ3) is 4.43. The van der Waals surface area contributed by atoms with Crippen LogP contribution in [-0.2, 0) is 27.1 Å². The van der Waals surface area contributed by atoms with Crippen molar-refractivity contribution in [2.24, 2.45) is 0 Å². The number of nitrogens with zero attached hydrogens (tertiary/aromatic N) is 1. The van der Waals surface area contributed by atoms with Crippen molar-refractivity contribution in [3.8, 4) is 0 Å². The summed E-state index contributed by atoms with van der Waals surface area (Å²) in [5.74, 6) is -1.81. The van der Waals surface area contributed by atoms with Crippen LogP contribution in [0, 0.1) is 0 Å². The van der Waals surface area contributed by atoms with E-state index in [1.165, 1.54) is 0 Å². The monoisotopic (exact) mass is 359 g/mol. The molecule has 0 amide bonds. The summed E-state index contributed by atoms with van der Waals surface area (Å²) in [6.45, 7) is -0.926. The van der Waals surface area contributed by atoms with Crippen molar-refractivity contribution in [2.75, 3.05) is 13.2 Å². The highest BCUT2D eigenvalue weighted by Crippen LogP contribution is 2.31. The van der Waals surface area contributed by atoms with Crippen LogP contribution in [-0.4, -0.2) is 40.0 Å². The van der Waals surface area contributed by atoms with Gasteiger partial charge in [0.15, 0.2) is 11.6 Å². The normalized spacial score (nSPS) is 15.6. The zero-order valence-electron chi connectivity index (χ0n) is 13.1. The number of ketones is 2. The van der Waals surface area contributed by atoms with Crippen LogP contribution in [0.25, 0.3) is 5.76 Å². The lowest BCUT2D eigenvalue weighted by atomic mass is 9.89. The zero-order valence-corrected chi connectivity index (χ0v) is 13.1. The van der Waals surface area contributed by atoms with Crippen molar-refractivity contribution < 1.29 is 37.7 Å². The molecule has 1 heterocycles. The van der Waals surface area contributed by atoms with Crippen molar-refractivity contribution >= 4 is 17.3 Å². The van der Waals surface area contributed by atoms with Crippen molar-refractivity contribution in [3.05, 3.63) is 34.7 Å². The molecule has 0 unspecified atom stereocenters. The van der Waals surface area contributed by atoms with Crippen molar-refractivity contribution in [3.63, 3.8) is 0 Å². The van der Waals surface area contributed by atoms with Crippen LogP contribution >= 0.6 is 0 Å². The van der Waals surface area contributed by atoms with E-state index in [1.54, 1.807) is 0 Å². The molecule has 1 aromatic heterocycles. The largest absolute Gasteiger partial charge is 0.506 e. The summed E-state index contributed by atoms with van der Waals surface area (Å²) in [6, 6.07) is 1.60. The second-order valence-corrected chi connectivity index (χ2v) is 5.39. The van der Waals surface area contributed by atoms with Gasteiger partial charge in [-0.1, -0.05) is 0 Å². The Morgan fingerprint density at radius 1 is 1.20 bits per heavy atom. The number of hydrogen-bond acceptors (Lipinski definition) is 6. The summed E-state index contributed by atoms with van der Waals surface area (Å²) in [6.07, 6.45) is -4.18. The van der Waals surface area contributed by atoms with Crippen LogP contribution in [0.4, 0.5) is 13.2 Å². The van der Waals surface area contributed by atoms with Gasteiger partial charge >= 0.3 is 6.18 Å². The average Bonchev–Trinajstić information content (AvgIpc) is 2.54. The number of aromatic nitrogens is 1. The van der Waals surface area contributed by atoms with Crippen LogP contribution < -0.4 is 0 Å². The molecule has 0 spiro atoms. The minimum absolute atomic E-state index is 0.0789. The van der Waals surface area contributed by atoms with Crippen molar-refractivity contribution in [1.29, 1.82) is 0 Å². The molecule has 1 aromatic rings. The highest BCUT2D eigenvalue weighted by atomic mass is 19.4. The Bertz CT molecular complexity index is 694. The summed E-state index contributed by atoms with van der Waals surface area (Å²) in [5.41, 5.74) is -2.07. The average molecular weight is 359 g/mol. The second-order valence-electron chi connectivity index (χ2n) is 5.39. The number of allylic oxidation sites excluding steroid dienone is 1. The van der Waals surface area contributed by atoms with Crippen LogP contribution in [0.5, 0.6) is 0 Å². The maximum Gasteiger partial charge on any atom is 0.433 e. The number of aliphatic hydroxyl groups excluding tert-OH is 2. The molecule has 0 aliphatic heterocycles. The standard InChI is InChI=1S/C16H16F3NO5/c17-16(18,19)13-5-4-9(10(20-13)8-25-7-6-21)15(24)14-11(22)2-1-3-12(14)23/h4-5,21,24H,1-3,6-8H2. The third-order valence-corrected chi connectivity index (χ3v) is 3.60. The van der Waals surface area contributed by atoms with Gasteiger partial charge in [0, 0.05) is 18.4 Å². The summed E-state index contributed by atoms with van der Waals surface area (Å²) < 4.78 is 43.5. The molecule has 2 rings (SSSR count). The lowest BCUT2D eigenvalue weighted by Gasteiger charge is -2.16. The fraction of sp³-hybridized carbons (Fsp3) is 0.438. The number of carbonyl (C=O) groups excluding carboxylic acids is 2. The van der Waals surface area contributed by atoms with Gasteiger partial charge in [-0.3, -0.25) is 9.59 Å². The Kier molecular flexibility index (Phi) is 5.91. The lowest BCUT2D eigenvalue weighted by molar-refractivity contribution is -0.141. The molecular weight excluding hydrogens is 343 g/mol. The van der Waals surface area contributed by atoms with Crippen LogP contribution in [0.15, 0.2) is 17.7 Å². The van der Waals surface area contributed by atoms with Gasteiger partial charge in [-0.2, -0.15) is 13.2 Å². The molecule has 9 heteroatoms. The van der Waals surface area contributed by atoms with E-state index >= 15 is 0 Å². The fourth-order valence-electron chi connectivity index (χ4n) is 2.43. The predicted octanol–water partition coefficient (Wildman–Crippen LogP) is 2.20. The summed E-state index contributed by atoms with van der Waals surface area (Å²) in [5, 5.41) is 19.0. The first-order chi connectivity index (χ1) is 11.8. The highest BCUT2D eigenvalue weighted by molar-refractivity contribution is 6.25. The van der Waals surface area contributed by atoms with E-state index in [2.05, 4.69) is 4.98 Å². The fourth-order valence-corrected chi connectivity index (χ4v) is 2.43. The van der Waals surface area contributed by atoms with Gasteiger partial charge in [0.2, 0.25) is 0 Å². The first kappa shape index (κ1) is 19.1. The predicted molar refractivity (Wildman–Crippen MR) is 79.4 cm³/mol. The Morgan fingerprint density at radius 2 is 1.84 bits per heavy atom. The van der Waals surface area contributed by atoms with E-state index in [9.17, 15) is 27.9 Å². The van der Waals surface area contributed by atoms with Gasteiger partial charge in [0.25, 0.3) is 0 Å². The maximum atomic E-state index is 12.8. The van der Waals surface area contributed by atoms with E-state index in [0.29, 0.717) is 12.5 Å². The van der Waals surface area contributed by atoms with E-state index in [-0.39, 0.29) is 37.3 Å². The summed E-state index contributed by atoms with van der Waals surface area (Å²) in [4.78, 5) is 27.3. The van der Waals surface area contributed by atoms with E-state index in [1.807, 2.05) is 0 Å². The van der Waals surface area contributed by atoms with Crippen LogP contribution in [0.2, 0.25) is 0 Å². The van der Waals surface area contributed by atoms with Gasteiger partial charge in [-0.05, 0) is 18.6 Å². The SMILES string of the molecule is O=C1CCCC(=O)C1=C(O)c1ccc(C(F)(F)F)nc1COCCO. The first-order valence-electron chi connectivity index (χ1n) is 7.51. The number of halogens is 3. The van der Waals surface area contributed by atoms with E-state index < -0.39 is 41.4 Å². The van der Waals surface area contributed by atoms with Crippen molar-refractivity contribution in [1.82, 2.24) is 4.98 Å². The number of pyridine rings is 1. The topological polar surface area (TPSA) is 96.7 Å². The number of alkyl halides is 3. The van der Waals surface area contributed by atoms with Crippen molar-refractivity contribution in [2.45, 2.75) is 32.0 Å². The molecule has 1 aliphatic carbocycles. The molecule has 0 atom stereocenters. The zero-order chi connectivity index (χ0) is 18.6. The van der Waals surface area contributed by atoms with Gasteiger partial charge in [0.05, 0.1) is 25.5 Å². The Balaban J connectivity index is 2.51. The number of aliphatic hydroxyl groups is 2. The highest BCUT2D eigenvalue weighted by Gasteiger charge is 2.34. The Hall–Kier alpha value is -2.26. The summed E-state index contributed by atoms with van der Waals surface area (Å²) in [7, 11) is 0. The molecular formula is C16H16F3NO5. The molecule has 0 radical (unpaired) electrons. The molecule has 1 fully saturated rings. The maximum absolute atomic E-state index is 12.8. The van der Waals surface area contributed by atoms with Gasteiger partial charge in [-0.25, -0.2) is 4.98 Å².